The van der Waals surface area contributed by atoms with Gasteiger partial charge >= 0.3 is 0 Å². The third kappa shape index (κ3) is 10.3. The maximum absolute atomic E-state index is 11.7. The van der Waals surface area contributed by atoms with Crippen LogP contribution in [0.25, 0.3) is 0 Å². The van der Waals surface area contributed by atoms with E-state index in [0.29, 0.717) is 11.2 Å². The van der Waals surface area contributed by atoms with Crippen LogP contribution in [0, 0.1) is 0 Å². The lowest BCUT2D eigenvalue weighted by Crippen LogP contribution is -2.44. The molecule has 2 atom stereocenters. The number of nitrogens with one attached hydrogen (secondary N) is 2. The first kappa shape index (κ1) is 22.8. The summed E-state index contributed by atoms with van der Waals surface area (Å²) in [6.45, 7) is 4.70. The Kier molecular flexibility index (Phi) is 13.0. The van der Waals surface area contributed by atoms with E-state index in [1.165, 1.54) is 6.42 Å². The number of thioether (sulfide) groups is 1. The molecule has 0 aromatic carbocycles. The number of nitrogens with zero attached hydrogens (tertiary/aromatic N) is 2. The first-order valence-corrected chi connectivity index (χ1v) is 9.18. The molecule has 0 aromatic rings. The van der Waals surface area contributed by atoms with E-state index in [4.69, 9.17) is 4.74 Å². The van der Waals surface area contributed by atoms with Gasteiger partial charge in [0.2, 0.25) is 5.91 Å². The van der Waals surface area contributed by atoms with Crippen molar-refractivity contribution in [2.75, 3.05) is 46.6 Å². The minimum Gasteiger partial charge on any atom is -0.376 e. The minimum absolute atomic E-state index is 0. The molecule has 0 aliphatic carbocycles. The van der Waals surface area contributed by atoms with E-state index in [-0.39, 0.29) is 42.5 Å². The topological polar surface area (TPSA) is 66.0 Å². The number of carbonyl (C=O) groups is 1. The summed E-state index contributed by atoms with van der Waals surface area (Å²) >= 11 is 1.80. The van der Waals surface area contributed by atoms with Gasteiger partial charge in [0.1, 0.15) is 6.54 Å². The highest BCUT2D eigenvalue weighted by molar-refractivity contribution is 14.0. The van der Waals surface area contributed by atoms with Crippen molar-refractivity contribution in [2.24, 2.45) is 4.99 Å². The summed E-state index contributed by atoms with van der Waals surface area (Å²) in [4.78, 5) is 17.6. The lowest BCUT2D eigenvalue weighted by Gasteiger charge is -2.24. The molecule has 1 aliphatic rings. The molecule has 1 aliphatic heterocycles. The smallest absolute Gasteiger partial charge is 0.243 e. The predicted octanol–water partition coefficient (Wildman–Crippen LogP) is 1.55. The highest BCUT2D eigenvalue weighted by atomic mass is 127. The van der Waals surface area contributed by atoms with E-state index in [1.54, 1.807) is 30.8 Å². The van der Waals surface area contributed by atoms with Crippen molar-refractivity contribution in [2.45, 2.75) is 37.5 Å². The Balaban J connectivity index is 0.00000484. The van der Waals surface area contributed by atoms with Crippen LogP contribution in [0.2, 0.25) is 0 Å². The molecule has 1 heterocycles. The fourth-order valence-corrected chi connectivity index (χ4v) is 2.22. The Labute approximate surface area is 161 Å². The monoisotopic (exact) mass is 458 g/mol. The Hall–Kier alpha value is -0.220. The highest BCUT2D eigenvalue weighted by Crippen LogP contribution is 2.11. The van der Waals surface area contributed by atoms with Gasteiger partial charge in [-0.15, -0.1) is 24.0 Å². The van der Waals surface area contributed by atoms with E-state index in [2.05, 4.69) is 28.8 Å². The zero-order valence-corrected chi connectivity index (χ0v) is 17.8. The van der Waals surface area contributed by atoms with Gasteiger partial charge in [0.25, 0.3) is 0 Å². The summed E-state index contributed by atoms with van der Waals surface area (Å²) in [6.07, 6.45) is 5.77. The third-order valence-electron chi connectivity index (χ3n) is 3.60. The van der Waals surface area contributed by atoms with Gasteiger partial charge in [0.05, 0.1) is 6.10 Å². The number of likely N-dealkylation sites (N-methyl/N-ethyl adjacent to an activating group) is 1. The molecule has 0 bridgehead atoms. The van der Waals surface area contributed by atoms with Crippen LogP contribution in [0.1, 0.15) is 26.2 Å². The number of guanidine groups is 1. The van der Waals surface area contributed by atoms with Crippen molar-refractivity contribution in [3.63, 3.8) is 0 Å². The molecule has 23 heavy (non-hydrogen) atoms. The fourth-order valence-electron chi connectivity index (χ4n) is 1.97. The molecule has 6 nitrogen and oxygen atoms in total. The highest BCUT2D eigenvalue weighted by Gasteiger charge is 2.14. The van der Waals surface area contributed by atoms with Gasteiger partial charge < -0.3 is 20.3 Å². The number of ether oxygens (including phenoxy) is 1. The number of halogens is 1. The molecule has 0 radical (unpaired) electrons. The molecule has 1 rings (SSSR count). The van der Waals surface area contributed by atoms with Crippen molar-refractivity contribution in [3.8, 4) is 0 Å². The van der Waals surface area contributed by atoms with Crippen LogP contribution in [-0.4, -0.2) is 74.7 Å². The lowest BCUT2D eigenvalue weighted by molar-refractivity contribution is -0.127. The molecule has 136 valence electrons. The summed E-state index contributed by atoms with van der Waals surface area (Å²) in [5.41, 5.74) is 0. The third-order valence-corrected chi connectivity index (χ3v) is 4.57. The molecular formula is C15H31IN4O2S. The van der Waals surface area contributed by atoms with Crippen molar-refractivity contribution < 1.29 is 9.53 Å². The van der Waals surface area contributed by atoms with Gasteiger partial charge in [-0.05, 0) is 25.5 Å². The number of hydrogen-bond donors (Lipinski definition) is 2. The predicted molar refractivity (Wildman–Crippen MR) is 109 cm³/mol. The number of rotatable bonds is 7. The zero-order valence-electron chi connectivity index (χ0n) is 14.6. The molecule has 1 amide bonds. The summed E-state index contributed by atoms with van der Waals surface area (Å²) in [7, 11) is 3.48. The second-order valence-corrected chi connectivity index (χ2v) is 7.03. The van der Waals surface area contributed by atoms with Crippen LogP contribution in [-0.2, 0) is 9.53 Å². The quantitative estimate of drug-likeness (QED) is 0.344. The summed E-state index contributed by atoms with van der Waals surface area (Å²) in [5, 5.41) is 7.08. The van der Waals surface area contributed by atoms with Gasteiger partial charge in [-0.2, -0.15) is 11.8 Å². The van der Waals surface area contributed by atoms with Crippen molar-refractivity contribution in [1.82, 2.24) is 15.5 Å². The van der Waals surface area contributed by atoms with Crippen LogP contribution in [0.15, 0.2) is 4.99 Å². The van der Waals surface area contributed by atoms with E-state index in [9.17, 15) is 4.79 Å². The standard InChI is InChI=1S/C15H30N4O2S.HI/c1-12(22-4)9-16-15(18-11-14(20)19(2)3)17-10-13-7-5-6-8-21-13;/h12-13H,5-11H2,1-4H3,(H2,16,17,18);1H. The normalized spacial score (nSPS) is 19.5. The van der Waals surface area contributed by atoms with Crippen molar-refractivity contribution >= 4 is 47.6 Å². The molecule has 0 saturated carbocycles. The van der Waals surface area contributed by atoms with E-state index < -0.39 is 0 Å². The maximum atomic E-state index is 11.7. The molecule has 0 aromatic heterocycles. The number of hydrogen-bond acceptors (Lipinski definition) is 4. The molecule has 1 fully saturated rings. The molecular weight excluding hydrogens is 427 g/mol. The largest absolute Gasteiger partial charge is 0.376 e. The van der Waals surface area contributed by atoms with E-state index in [0.717, 1.165) is 32.5 Å². The summed E-state index contributed by atoms with van der Waals surface area (Å²) in [5.74, 6) is 0.679. The SMILES string of the molecule is CSC(C)CNC(=NCC(=O)N(C)C)NCC1CCCCO1.I. The Bertz CT molecular complexity index is 363. The fraction of sp³-hybridized carbons (Fsp3) is 0.867. The number of aliphatic imine (C=N–C) groups is 1. The first-order valence-electron chi connectivity index (χ1n) is 7.89. The van der Waals surface area contributed by atoms with Gasteiger partial charge in [-0.1, -0.05) is 6.92 Å². The van der Waals surface area contributed by atoms with E-state index in [1.807, 2.05) is 0 Å². The van der Waals surface area contributed by atoms with Crippen LogP contribution >= 0.6 is 35.7 Å². The second-order valence-electron chi connectivity index (χ2n) is 5.75. The molecule has 0 spiro atoms. The van der Waals surface area contributed by atoms with Crippen molar-refractivity contribution in [3.05, 3.63) is 0 Å². The lowest BCUT2D eigenvalue weighted by atomic mass is 10.1. The van der Waals surface area contributed by atoms with Crippen LogP contribution in [0.3, 0.4) is 0 Å². The number of carbonyl (C=O) groups excluding carboxylic acids is 1. The molecule has 8 heteroatoms. The summed E-state index contributed by atoms with van der Waals surface area (Å²) in [6, 6.07) is 0. The van der Waals surface area contributed by atoms with Crippen LogP contribution in [0.5, 0.6) is 0 Å². The first-order chi connectivity index (χ1) is 10.5. The molecule has 2 N–H and O–H groups in total. The minimum atomic E-state index is -0.00655. The maximum Gasteiger partial charge on any atom is 0.243 e. The number of amides is 1. The van der Waals surface area contributed by atoms with Crippen LogP contribution < -0.4 is 10.6 Å². The molecule has 2 unspecified atom stereocenters. The summed E-state index contributed by atoms with van der Waals surface area (Å²) < 4.78 is 5.71. The van der Waals surface area contributed by atoms with Gasteiger partial charge in [0.15, 0.2) is 5.96 Å². The van der Waals surface area contributed by atoms with E-state index >= 15 is 0 Å². The second kappa shape index (κ2) is 13.1. The van der Waals surface area contributed by atoms with Crippen molar-refractivity contribution in [1.29, 1.82) is 0 Å². The van der Waals surface area contributed by atoms with Crippen LogP contribution in [0.4, 0.5) is 0 Å². The Morgan fingerprint density at radius 1 is 1.39 bits per heavy atom. The average molecular weight is 458 g/mol. The molecule has 1 saturated heterocycles. The zero-order chi connectivity index (χ0) is 16.4. The van der Waals surface area contributed by atoms with Gasteiger partial charge in [0, 0.05) is 39.0 Å². The van der Waals surface area contributed by atoms with Gasteiger partial charge in [-0.3, -0.25) is 4.79 Å². The Morgan fingerprint density at radius 2 is 2.13 bits per heavy atom. The average Bonchev–Trinajstić information content (AvgIpc) is 2.54. The Morgan fingerprint density at radius 3 is 2.70 bits per heavy atom. The van der Waals surface area contributed by atoms with Gasteiger partial charge in [-0.25, -0.2) is 4.99 Å².